The minimum atomic E-state index is -0.162. The highest BCUT2D eigenvalue weighted by atomic mass is 16.5. The monoisotopic (exact) mass is 259 g/mol. The molecule has 0 aliphatic carbocycles. The maximum atomic E-state index is 12.1. The summed E-state index contributed by atoms with van der Waals surface area (Å²) in [5, 5.41) is 3.60. The molecule has 2 rings (SSSR count). The number of ether oxygens (including phenoxy) is 1. The summed E-state index contributed by atoms with van der Waals surface area (Å²) in [6.45, 7) is 3.53. The second-order valence-electron chi connectivity index (χ2n) is 4.06. The molecule has 0 atom stereocenters. The van der Waals surface area contributed by atoms with E-state index in [4.69, 9.17) is 10.5 Å². The summed E-state index contributed by atoms with van der Waals surface area (Å²) in [4.78, 5) is 16.3. The zero-order valence-electron chi connectivity index (χ0n) is 10.8. The number of rotatable bonds is 5. The van der Waals surface area contributed by atoms with E-state index < -0.39 is 0 Å². The average Bonchev–Trinajstić information content (AvgIpc) is 2.42. The van der Waals surface area contributed by atoms with Crippen molar-refractivity contribution in [2.24, 2.45) is 0 Å². The number of amides is 1. The number of hydrogen-bond acceptors (Lipinski definition) is 4. The average molecular weight is 259 g/mol. The van der Waals surface area contributed by atoms with Crippen LogP contribution in [0, 0.1) is 0 Å². The summed E-state index contributed by atoms with van der Waals surface area (Å²) in [5.74, 6) is 0.179. The Balaban J connectivity index is 2.21. The maximum absolute atomic E-state index is 12.1. The minimum absolute atomic E-state index is 0.162. The van der Waals surface area contributed by atoms with Gasteiger partial charge in [0.25, 0.3) is 5.91 Å². The molecule has 5 heteroatoms. The first-order valence-corrected chi connectivity index (χ1v) is 6.23. The molecule has 0 aliphatic rings. The zero-order chi connectivity index (χ0) is 13.7. The van der Waals surface area contributed by atoms with E-state index in [0.717, 1.165) is 10.9 Å². The molecule has 0 aliphatic heterocycles. The van der Waals surface area contributed by atoms with Crippen LogP contribution in [0.25, 0.3) is 10.9 Å². The van der Waals surface area contributed by atoms with E-state index in [-0.39, 0.29) is 5.91 Å². The molecule has 1 heterocycles. The van der Waals surface area contributed by atoms with Crippen LogP contribution < -0.4 is 11.1 Å². The standard InChI is InChI=1S/C14H17N3O2/c1-2-19-8-7-16-14(18)11-9-13(15)17-12-6-4-3-5-10(11)12/h3-6,9H,2,7-8H2,1H3,(H2,15,17)(H,16,18). The number of para-hydroxylation sites is 1. The lowest BCUT2D eigenvalue weighted by Crippen LogP contribution is -2.27. The van der Waals surface area contributed by atoms with Gasteiger partial charge in [0.05, 0.1) is 17.7 Å². The molecule has 3 N–H and O–H groups in total. The second kappa shape index (κ2) is 6.15. The molecule has 100 valence electrons. The van der Waals surface area contributed by atoms with Crippen molar-refractivity contribution in [3.63, 3.8) is 0 Å². The largest absolute Gasteiger partial charge is 0.384 e. The van der Waals surface area contributed by atoms with Gasteiger partial charge >= 0.3 is 0 Å². The van der Waals surface area contributed by atoms with Crippen molar-refractivity contribution in [3.8, 4) is 0 Å². The fourth-order valence-electron chi connectivity index (χ4n) is 1.86. The molecule has 0 saturated carbocycles. The molecule has 1 aromatic carbocycles. The number of hydrogen-bond donors (Lipinski definition) is 2. The Kier molecular flexibility index (Phi) is 4.30. The second-order valence-corrected chi connectivity index (χ2v) is 4.06. The van der Waals surface area contributed by atoms with E-state index in [0.29, 0.717) is 31.1 Å². The molecule has 1 aromatic heterocycles. The lowest BCUT2D eigenvalue weighted by molar-refractivity contribution is 0.0924. The highest BCUT2D eigenvalue weighted by Gasteiger charge is 2.11. The Morgan fingerprint density at radius 1 is 1.42 bits per heavy atom. The van der Waals surface area contributed by atoms with Crippen molar-refractivity contribution in [1.82, 2.24) is 10.3 Å². The highest BCUT2D eigenvalue weighted by molar-refractivity contribution is 6.06. The van der Waals surface area contributed by atoms with Crippen LogP contribution in [0.2, 0.25) is 0 Å². The number of anilines is 1. The topological polar surface area (TPSA) is 77.2 Å². The number of nitrogens with two attached hydrogens (primary N) is 1. The molecule has 0 fully saturated rings. The molecular formula is C14H17N3O2. The van der Waals surface area contributed by atoms with Crippen molar-refractivity contribution >= 4 is 22.6 Å². The van der Waals surface area contributed by atoms with Crippen LogP contribution in [0.4, 0.5) is 5.82 Å². The fraction of sp³-hybridized carbons (Fsp3) is 0.286. The Morgan fingerprint density at radius 3 is 3.00 bits per heavy atom. The molecule has 19 heavy (non-hydrogen) atoms. The number of pyridine rings is 1. The molecule has 5 nitrogen and oxygen atoms in total. The number of benzene rings is 1. The van der Waals surface area contributed by atoms with Crippen molar-refractivity contribution in [2.75, 3.05) is 25.5 Å². The molecule has 0 bridgehead atoms. The van der Waals surface area contributed by atoms with E-state index in [2.05, 4.69) is 10.3 Å². The summed E-state index contributed by atoms with van der Waals surface area (Å²) < 4.78 is 5.18. The molecule has 0 unspecified atom stereocenters. The van der Waals surface area contributed by atoms with Gasteiger partial charge in [-0.3, -0.25) is 4.79 Å². The number of aromatic nitrogens is 1. The predicted octanol–water partition coefficient (Wildman–Crippen LogP) is 1.58. The lowest BCUT2D eigenvalue weighted by atomic mass is 10.1. The third kappa shape index (κ3) is 3.20. The molecule has 0 saturated heterocycles. The highest BCUT2D eigenvalue weighted by Crippen LogP contribution is 2.19. The van der Waals surface area contributed by atoms with E-state index in [1.807, 2.05) is 31.2 Å². The summed E-state index contributed by atoms with van der Waals surface area (Å²) in [7, 11) is 0. The van der Waals surface area contributed by atoms with Crippen LogP contribution in [0.5, 0.6) is 0 Å². The van der Waals surface area contributed by atoms with Gasteiger partial charge in [0.15, 0.2) is 0 Å². The third-order valence-corrected chi connectivity index (χ3v) is 2.72. The van der Waals surface area contributed by atoms with Crippen molar-refractivity contribution in [3.05, 3.63) is 35.9 Å². The van der Waals surface area contributed by atoms with E-state index in [9.17, 15) is 4.79 Å². The van der Waals surface area contributed by atoms with Crippen molar-refractivity contribution in [2.45, 2.75) is 6.92 Å². The Labute approximate surface area is 111 Å². The summed E-state index contributed by atoms with van der Waals surface area (Å²) in [6, 6.07) is 9.03. The number of carbonyl (C=O) groups excluding carboxylic acids is 1. The van der Waals surface area contributed by atoms with Crippen LogP contribution >= 0.6 is 0 Å². The van der Waals surface area contributed by atoms with Gasteiger partial charge < -0.3 is 15.8 Å². The van der Waals surface area contributed by atoms with Crippen LogP contribution in [0.1, 0.15) is 17.3 Å². The molecule has 0 spiro atoms. The predicted molar refractivity (Wildman–Crippen MR) is 75.0 cm³/mol. The quantitative estimate of drug-likeness (QED) is 0.799. The van der Waals surface area contributed by atoms with Crippen LogP contribution in [-0.2, 0) is 4.74 Å². The normalized spacial score (nSPS) is 10.6. The number of nitrogens with one attached hydrogen (secondary N) is 1. The van der Waals surface area contributed by atoms with Gasteiger partial charge in [0, 0.05) is 18.5 Å². The van der Waals surface area contributed by atoms with E-state index in [1.165, 1.54) is 0 Å². The van der Waals surface area contributed by atoms with Gasteiger partial charge in [0.1, 0.15) is 5.82 Å². The minimum Gasteiger partial charge on any atom is -0.384 e. The molecule has 2 aromatic rings. The zero-order valence-corrected chi connectivity index (χ0v) is 10.8. The SMILES string of the molecule is CCOCCNC(=O)c1cc(N)nc2ccccc12. The van der Waals surface area contributed by atoms with E-state index >= 15 is 0 Å². The Bertz CT molecular complexity index is 584. The third-order valence-electron chi connectivity index (χ3n) is 2.72. The van der Waals surface area contributed by atoms with Gasteiger partial charge in [-0.2, -0.15) is 0 Å². The maximum Gasteiger partial charge on any atom is 0.252 e. The van der Waals surface area contributed by atoms with Crippen LogP contribution in [0.3, 0.4) is 0 Å². The van der Waals surface area contributed by atoms with E-state index in [1.54, 1.807) is 6.07 Å². The number of nitrogens with zero attached hydrogens (tertiary/aromatic N) is 1. The smallest absolute Gasteiger partial charge is 0.252 e. The molecular weight excluding hydrogens is 242 g/mol. The Morgan fingerprint density at radius 2 is 2.21 bits per heavy atom. The summed E-state index contributed by atoms with van der Waals surface area (Å²) in [6.07, 6.45) is 0. The van der Waals surface area contributed by atoms with Gasteiger partial charge in [-0.05, 0) is 19.1 Å². The molecule has 0 radical (unpaired) electrons. The summed E-state index contributed by atoms with van der Waals surface area (Å²) >= 11 is 0. The first kappa shape index (κ1) is 13.3. The van der Waals surface area contributed by atoms with Gasteiger partial charge in [-0.25, -0.2) is 4.98 Å². The van der Waals surface area contributed by atoms with Crippen LogP contribution in [0.15, 0.2) is 30.3 Å². The lowest BCUT2D eigenvalue weighted by Gasteiger charge is -2.08. The summed E-state index contributed by atoms with van der Waals surface area (Å²) in [5.41, 5.74) is 6.98. The van der Waals surface area contributed by atoms with Crippen molar-refractivity contribution in [1.29, 1.82) is 0 Å². The number of fused-ring (bicyclic) bond motifs is 1. The first-order valence-electron chi connectivity index (χ1n) is 6.23. The van der Waals surface area contributed by atoms with Gasteiger partial charge in [-0.15, -0.1) is 0 Å². The molecule has 1 amide bonds. The number of nitrogen functional groups attached to an aromatic ring is 1. The van der Waals surface area contributed by atoms with Crippen LogP contribution in [-0.4, -0.2) is 30.6 Å². The Hall–Kier alpha value is -2.14. The van der Waals surface area contributed by atoms with Gasteiger partial charge in [-0.1, -0.05) is 18.2 Å². The first-order chi connectivity index (χ1) is 9.22. The van der Waals surface area contributed by atoms with Gasteiger partial charge in [0.2, 0.25) is 0 Å². The fourth-order valence-corrected chi connectivity index (χ4v) is 1.86. The number of carbonyl (C=O) groups is 1. The van der Waals surface area contributed by atoms with Crippen molar-refractivity contribution < 1.29 is 9.53 Å².